The van der Waals surface area contributed by atoms with Crippen molar-refractivity contribution in [3.05, 3.63) is 18.2 Å². The molecule has 1 unspecified atom stereocenters. The highest BCUT2D eigenvalue weighted by molar-refractivity contribution is 5.18. The van der Waals surface area contributed by atoms with Crippen LogP contribution in [0.4, 0.5) is 0 Å². The molecule has 1 atom stereocenters. The third-order valence-electron chi connectivity index (χ3n) is 4.37. The molecular formula is C13H21N3. The molecule has 0 spiro atoms. The summed E-state index contributed by atoms with van der Waals surface area (Å²) >= 11 is 0. The van der Waals surface area contributed by atoms with Gasteiger partial charge in [-0.1, -0.05) is 19.8 Å². The smallest absolute Gasteiger partial charge is 0.0950 e. The Morgan fingerprint density at radius 1 is 1.44 bits per heavy atom. The fraction of sp³-hybridized carbons (Fsp3) is 0.769. The van der Waals surface area contributed by atoms with Crippen molar-refractivity contribution in [2.24, 2.45) is 0 Å². The molecule has 1 aliphatic carbocycles. The van der Waals surface area contributed by atoms with Crippen LogP contribution in [0.1, 0.15) is 50.8 Å². The van der Waals surface area contributed by atoms with E-state index in [1.165, 1.54) is 37.8 Å². The van der Waals surface area contributed by atoms with Crippen LogP contribution in [-0.2, 0) is 5.41 Å². The molecule has 0 bridgehead atoms. The Hall–Kier alpha value is -0.830. The van der Waals surface area contributed by atoms with E-state index in [9.17, 15) is 0 Å². The lowest BCUT2D eigenvalue weighted by molar-refractivity contribution is 0.426. The number of nitrogens with one attached hydrogen (secondary N) is 1. The van der Waals surface area contributed by atoms with Crippen LogP contribution in [0.3, 0.4) is 0 Å². The highest BCUT2D eigenvalue weighted by Gasteiger charge is 2.34. The van der Waals surface area contributed by atoms with Crippen molar-refractivity contribution < 1.29 is 0 Å². The number of hydrogen-bond donors (Lipinski definition) is 1. The van der Waals surface area contributed by atoms with Gasteiger partial charge in [-0.05, 0) is 25.8 Å². The van der Waals surface area contributed by atoms with Gasteiger partial charge in [0.1, 0.15) is 0 Å². The van der Waals surface area contributed by atoms with Crippen LogP contribution >= 0.6 is 0 Å². The minimum atomic E-state index is 0.305. The van der Waals surface area contributed by atoms with E-state index in [2.05, 4.69) is 34.3 Å². The average molecular weight is 219 g/mol. The molecule has 0 radical (unpaired) electrons. The Bertz CT molecular complexity index is 357. The first-order chi connectivity index (χ1) is 7.80. The van der Waals surface area contributed by atoms with Gasteiger partial charge in [-0.25, -0.2) is 4.98 Å². The van der Waals surface area contributed by atoms with E-state index in [-0.39, 0.29) is 0 Å². The van der Waals surface area contributed by atoms with Gasteiger partial charge in [0.15, 0.2) is 0 Å². The summed E-state index contributed by atoms with van der Waals surface area (Å²) in [5, 5.41) is 3.48. The number of hydrogen-bond acceptors (Lipinski definition) is 2. The Labute approximate surface area is 97.3 Å². The van der Waals surface area contributed by atoms with Gasteiger partial charge in [0, 0.05) is 29.9 Å². The maximum absolute atomic E-state index is 4.39. The summed E-state index contributed by atoms with van der Waals surface area (Å²) in [6.07, 6.45) is 10.8. The van der Waals surface area contributed by atoms with Crippen LogP contribution in [0.5, 0.6) is 0 Å². The fourth-order valence-corrected chi connectivity index (χ4v) is 3.28. The van der Waals surface area contributed by atoms with Gasteiger partial charge < -0.3 is 9.88 Å². The summed E-state index contributed by atoms with van der Waals surface area (Å²) in [6, 6.07) is 0.718. The second kappa shape index (κ2) is 3.88. The molecule has 1 aromatic rings. The molecule has 1 aromatic heterocycles. The molecule has 2 aliphatic rings. The van der Waals surface area contributed by atoms with Crippen molar-refractivity contribution >= 4 is 0 Å². The summed E-state index contributed by atoms with van der Waals surface area (Å²) in [6.45, 7) is 4.62. The second-order valence-corrected chi connectivity index (χ2v) is 5.61. The number of rotatable bonds is 2. The predicted octanol–water partition coefficient (Wildman–Crippen LogP) is 2.25. The number of imidazole rings is 1. The molecule has 88 valence electrons. The maximum Gasteiger partial charge on any atom is 0.0950 e. The predicted molar refractivity (Wildman–Crippen MR) is 64.6 cm³/mol. The molecule has 16 heavy (non-hydrogen) atoms. The molecular weight excluding hydrogens is 198 g/mol. The van der Waals surface area contributed by atoms with Crippen molar-refractivity contribution in [3.63, 3.8) is 0 Å². The van der Waals surface area contributed by atoms with E-state index >= 15 is 0 Å². The second-order valence-electron chi connectivity index (χ2n) is 5.61. The molecule has 3 nitrogen and oxygen atoms in total. The maximum atomic E-state index is 4.39. The van der Waals surface area contributed by atoms with Crippen LogP contribution in [-0.4, -0.2) is 22.6 Å². The molecule has 1 saturated carbocycles. The van der Waals surface area contributed by atoms with E-state index < -0.39 is 0 Å². The van der Waals surface area contributed by atoms with Gasteiger partial charge in [0.05, 0.1) is 6.33 Å². The van der Waals surface area contributed by atoms with Gasteiger partial charge >= 0.3 is 0 Å². The van der Waals surface area contributed by atoms with Crippen LogP contribution < -0.4 is 5.32 Å². The summed E-state index contributed by atoms with van der Waals surface area (Å²) in [7, 11) is 0. The van der Waals surface area contributed by atoms with Crippen molar-refractivity contribution in [2.45, 2.75) is 50.5 Å². The van der Waals surface area contributed by atoms with Crippen molar-refractivity contribution in [2.75, 3.05) is 13.1 Å². The lowest BCUT2D eigenvalue weighted by Gasteiger charge is -2.26. The molecule has 0 amide bonds. The topological polar surface area (TPSA) is 29.9 Å². The minimum absolute atomic E-state index is 0.305. The van der Waals surface area contributed by atoms with E-state index in [1.807, 2.05) is 0 Å². The average Bonchev–Trinajstić information content (AvgIpc) is 2.98. The van der Waals surface area contributed by atoms with Crippen LogP contribution in [0.2, 0.25) is 0 Å². The first-order valence-electron chi connectivity index (χ1n) is 6.53. The largest absolute Gasteiger partial charge is 0.331 e. The Morgan fingerprint density at radius 3 is 2.94 bits per heavy atom. The highest BCUT2D eigenvalue weighted by atomic mass is 15.1. The molecule has 1 N–H and O–H groups in total. The van der Waals surface area contributed by atoms with Crippen molar-refractivity contribution in [3.8, 4) is 0 Å². The van der Waals surface area contributed by atoms with E-state index in [0.717, 1.165) is 19.1 Å². The highest BCUT2D eigenvalue weighted by Crippen LogP contribution is 2.36. The molecule has 1 saturated heterocycles. The molecule has 1 aliphatic heterocycles. The monoisotopic (exact) mass is 219 g/mol. The standard InChI is InChI=1S/C13H21N3/c1-13(6-7-14-9-13)12-8-15-10-16(12)11-4-2-3-5-11/h8,10-11,14H,2-7,9H2,1H3. The number of nitrogens with zero attached hydrogens (tertiary/aromatic N) is 2. The summed E-state index contributed by atoms with van der Waals surface area (Å²) in [5.41, 5.74) is 1.75. The van der Waals surface area contributed by atoms with E-state index in [1.54, 1.807) is 0 Å². The third kappa shape index (κ3) is 1.58. The number of aromatic nitrogens is 2. The summed E-state index contributed by atoms with van der Waals surface area (Å²) < 4.78 is 2.46. The van der Waals surface area contributed by atoms with Crippen LogP contribution in [0, 0.1) is 0 Å². The zero-order valence-corrected chi connectivity index (χ0v) is 10.1. The van der Waals surface area contributed by atoms with Crippen molar-refractivity contribution in [1.29, 1.82) is 0 Å². The minimum Gasteiger partial charge on any atom is -0.331 e. The molecule has 2 heterocycles. The molecule has 3 rings (SSSR count). The zero-order valence-electron chi connectivity index (χ0n) is 10.1. The molecule has 2 fully saturated rings. The fourth-order valence-electron chi connectivity index (χ4n) is 3.28. The SMILES string of the molecule is CC1(c2cncn2C2CCCC2)CCNC1. The Balaban J connectivity index is 1.92. The third-order valence-corrected chi connectivity index (χ3v) is 4.37. The Morgan fingerprint density at radius 2 is 2.25 bits per heavy atom. The first kappa shape index (κ1) is 10.3. The van der Waals surface area contributed by atoms with Crippen LogP contribution in [0.25, 0.3) is 0 Å². The lowest BCUT2D eigenvalue weighted by atomic mass is 9.86. The summed E-state index contributed by atoms with van der Waals surface area (Å²) in [5.74, 6) is 0. The molecule has 3 heteroatoms. The van der Waals surface area contributed by atoms with Gasteiger partial charge in [-0.15, -0.1) is 0 Å². The van der Waals surface area contributed by atoms with E-state index in [0.29, 0.717) is 5.41 Å². The van der Waals surface area contributed by atoms with Crippen molar-refractivity contribution in [1.82, 2.24) is 14.9 Å². The van der Waals surface area contributed by atoms with Gasteiger partial charge in [0.25, 0.3) is 0 Å². The Kier molecular flexibility index (Phi) is 2.51. The van der Waals surface area contributed by atoms with Gasteiger partial charge in [-0.3, -0.25) is 0 Å². The van der Waals surface area contributed by atoms with Gasteiger partial charge in [-0.2, -0.15) is 0 Å². The summed E-state index contributed by atoms with van der Waals surface area (Å²) in [4.78, 5) is 4.39. The quantitative estimate of drug-likeness (QED) is 0.826. The van der Waals surface area contributed by atoms with Gasteiger partial charge in [0.2, 0.25) is 0 Å². The van der Waals surface area contributed by atoms with E-state index in [4.69, 9.17) is 0 Å². The normalized spacial score (nSPS) is 31.3. The zero-order chi connectivity index (χ0) is 11.0. The first-order valence-corrected chi connectivity index (χ1v) is 6.53. The lowest BCUT2D eigenvalue weighted by Crippen LogP contribution is -2.28. The molecule has 0 aromatic carbocycles. The van der Waals surface area contributed by atoms with Crippen LogP contribution in [0.15, 0.2) is 12.5 Å².